The average Bonchev–Trinajstić information content (AvgIpc) is 2.74. The Hall–Kier alpha value is -2.40. The molecular formula is C11H11N5O2S. The number of rotatable bonds is 4. The lowest BCUT2D eigenvalue weighted by Crippen LogP contribution is -2.16. The van der Waals surface area contributed by atoms with Gasteiger partial charge >= 0.3 is 0 Å². The number of hydrogen-bond donors (Lipinski definition) is 2. The zero-order valence-corrected chi connectivity index (χ0v) is 10.9. The van der Waals surface area contributed by atoms with E-state index in [1.165, 1.54) is 0 Å². The molecule has 2 aromatic rings. The molecule has 0 fully saturated rings. The number of aryl methyl sites for hydroxylation is 1. The maximum atomic E-state index is 11.9. The molecule has 0 unspecified atom stereocenters. The lowest BCUT2D eigenvalue weighted by Gasteiger charge is -2.04. The third-order valence-electron chi connectivity index (χ3n) is 2.28. The predicted molar refractivity (Wildman–Crippen MR) is 68.5 cm³/mol. The molecule has 0 spiro atoms. The summed E-state index contributed by atoms with van der Waals surface area (Å²) in [5, 5.41) is 14.9. The summed E-state index contributed by atoms with van der Waals surface area (Å²) in [5.41, 5.74) is 1.07. The number of anilines is 1. The molecule has 1 aromatic heterocycles. The third-order valence-corrected chi connectivity index (χ3v) is 3.49. The van der Waals surface area contributed by atoms with E-state index in [1.54, 1.807) is 31.2 Å². The van der Waals surface area contributed by atoms with Crippen LogP contribution in [0, 0.1) is 18.3 Å². The van der Waals surface area contributed by atoms with Crippen molar-refractivity contribution >= 4 is 16.0 Å². The molecule has 0 aliphatic heterocycles. The SMILES string of the molecule is Cc1nc(NS(=O)(=O)Cc2ccc(C#N)cc2)n[nH]1. The van der Waals surface area contributed by atoms with Gasteiger partial charge < -0.3 is 0 Å². The second-order valence-electron chi connectivity index (χ2n) is 3.91. The van der Waals surface area contributed by atoms with E-state index in [0.717, 1.165) is 0 Å². The van der Waals surface area contributed by atoms with Crippen LogP contribution in [0.5, 0.6) is 0 Å². The Morgan fingerprint density at radius 1 is 1.37 bits per heavy atom. The Labute approximate surface area is 110 Å². The Kier molecular flexibility index (Phi) is 3.48. The molecule has 0 saturated carbocycles. The van der Waals surface area contributed by atoms with Crippen molar-refractivity contribution in [3.8, 4) is 6.07 Å². The van der Waals surface area contributed by atoms with Crippen molar-refractivity contribution in [2.75, 3.05) is 4.72 Å². The minimum atomic E-state index is -3.57. The number of nitrogens with one attached hydrogen (secondary N) is 2. The normalized spacial score (nSPS) is 10.9. The quantitative estimate of drug-likeness (QED) is 0.863. The third kappa shape index (κ3) is 3.53. The van der Waals surface area contributed by atoms with Gasteiger partial charge in [-0.1, -0.05) is 12.1 Å². The van der Waals surface area contributed by atoms with E-state index in [1.807, 2.05) is 6.07 Å². The highest BCUT2D eigenvalue weighted by Gasteiger charge is 2.14. The zero-order chi connectivity index (χ0) is 13.9. The smallest absolute Gasteiger partial charge is 0.255 e. The van der Waals surface area contributed by atoms with Crippen LogP contribution < -0.4 is 4.72 Å². The number of benzene rings is 1. The average molecular weight is 277 g/mol. The minimum absolute atomic E-state index is 0.0196. The minimum Gasteiger partial charge on any atom is -0.261 e. The van der Waals surface area contributed by atoms with Gasteiger partial charge in [0.05, 0.1) is 17.4 Å². The summed E-state index contributed by atoms with van der Waals surface area (Å²) < 4.78 is 26.0. The number of nitriles is 1. The van der Waals surface area contributed by atoms with E-state index in [9.17, 15) is 8.42 Å². The summed E-state index contributed by atoms with van der Waals surface area (Å²) in [5.74, 6) is 0.342. The Morgan fingerprint density at radius 2 is 2.05 bits per heavy atom. The Balaban J connectivity index is 2.10. The standard InChI is InChI=1S/C11H11N5O2S/c1-8-13-11(15-14-8)16-19(17,18)7-10-4-2-9(6-12)3-5-10/h2-5H,7H2,1H3,(H2,13,14,15,16). The summed E-state index contributed by atoms with van der Waals surface area (Å²) in [6.45, 7) is 1.67. The van der Waals surface area contributed by atoms with E-state index in [4.69, 9.17) is 5.26 Å². The van der Waals surface area contributed by atoms with E-state index in [2.05, 4.69) is 19.9 Å². The molecule has 0 bridgehead atoms. The van der Waals surface area contributed by atoms with Gasteiger partial charge in [-0.05, 0) is 24.6 Å². The molecule has 0 amide bonds. The summed E-state index contributed by atoms with van der Waals surface area (Å²) >= 11 is 0. The fourth-order valence-corrected chi connectivity index (χ4v) is 2.53. The van der Waals surface area contributed by atoms with Gasteiger partial charge in [0.2, 0.25) is 10.0 Å². The number of aromatic nitrogens is 3. The van der Waals surface area contributed by atoms with Crippen LogP contribution in [0.3, 0.4) is 0 Å². The number of nitrogens with zero attached hydrogens (tertiary/aromatic N) is 3. The first-order valence-electron chi connectivity index (χ1n) is 5.37. The first kappa shape index (κ1) is 13.0. The fraction of sp³-hybridized carbons (Fsp3) is 0.182. The maximum Gasteiger partial charge on any atom is 0.255 e. The van der Waals surface area contributed by atoms with Crippen LogP contribution in [0.1, 0.15) is 17.0 Å². The van der Waals surface area contributed by atoms with Gasteiger partial charge in [0, 0.05) is 0 Å². The molecule has 8 heteroatoms. The van der Waals surface area contributed by atoms with Gasteiger partial charge in [-0.15, -0.1) is 5.10 Å². The molecule has 0 saturated heterocycles. The Morgan fingerprint density at radius 3 is 2.58 bits per heavy atom. The lowest BCUT2D eigenvalue weighted by molar-refractivity contribution is 0.600. The van der Waals surface area contributed by atoms with Gasteiger partial charge in [-0.3, -0.25) is 5.10 Å². The topological polar surface area (TPSA) is 112 Å². The molecule has 0 aliphatic rings. The molecule has 7 nitrogen and oxygen atoms in total. The second-order valence-corrected chi connectivity index (χ2v) is 5.64. The molecule has 1 aromatic carbocycles. The van der Waals surface area contributed by atoms with Crippen molar-refractivity contribution in [3.05, 3.63) is 41.2 Å². The predicted octanol–water partition coefficient (Wildman–Crippen LogP) is 0.927. The van der Waals surface area contributed by atoms with Crippen molar-refractivity contribution in [1.82, 2.24) is 15.2 Å². The fourth-order valence-electron chi connectivity index (χ4n) is 1.46. The highest BCUT2D eigenvalue weighted by atomic mass is 32.2. The van der Waals surface area contributed by atoms with Crippen molar-refractivity contribution in [2.24, 2.45) is 0 Å². The van der Waals surface area contributed by atoms with E-state index < -0.39 is 10.0 Å². The molecule has 2 rings (SSSR count). The van der Waals surface area contributed by atoms with Crippen LogP contribution in [-0.4, -0.2) is 23.6 Å². The van der Waals surface area contributed by atoms with Crippen molar-refractivity contribution < 1.29 is 8.42 Å². The number of hydrogen-bond acceptors (Lipinski definition) is 5. The first-order valence-corrected chi connectivity index (χ1v) is 7.02. The zero-order valence-electron chi connectivity index (χ0n) is 10.1. The van der Waals surface area contributed by atoms with Gasteiger partial charge in [0.25, 0.3) is 5.95 Å². The van der Waals surface area contributed by atoms with Gasteiger partial charge in [-0.25, -0.2) is 13.1 Å². The first-order chi connectivity index (χ1) is 8.98. The molecule has 98 valence electrons. The van der Waals surface area contributed by atoms with Crippen LogP contribution in [-0.2, 0) is 15.8 Å². The Bertz CT molecular complexity index is 712. The molecule has 0 aliphatic carbocycles. The molecule has 0 atom stereocenters. The largest absolute Gasteiger partial charge is 0.261 e. The summed E-state index contributed by atoms with van der Waals surface area (Å²) in [6, 6.07) is 8.31. The van der Waals surface area contributed by atoms with Crippen molar-refractivity contribution in [2.45, 2.75) is 12.7 Å². The van der Waals surface area contributed by atoms with E-state index in [-0.39, 0.29) is 11.7 Å². The van der Waals surface area contributed by atoms with Crippen LogP contribution in [0.15, 0.2) is 24.3 Å². The van der Waals surface area contributed by atoms with Crippen LogP contribution in [0.25, 0.3) is 0 Å². The van der Waals surface area contributed by atoms with E-state index in [0.29, 0.717) is 17.0 Å². The van der Waals surface area contributed by atoms with Crippen LogP contribution in [0.4, 0.5) is 5.95 Å². The summed E-state index contributed by atoms with van der Waals surface area (Å²) in [6.07, 6.45) is 0. The summed E-state index contributed by atoms with van der Waals surface area (Å²) in [7, 11) is -3.57. The summed E-state index contributed by atoms with van der Waals surface area (Å²) in [4.78, 5) is 3.86. The van der Waals surface area contributed by atoms with Crippen LogP contribution in [0.2, 0.25) is 0 Å². The van der Waals surface area contributed by atoms with Crippen LogP contribution >= 0.6 is 0 Å². The molecule has 2 N–H and O–H groups in total. The molecule has 0 radical (unpaired) electrons. The number of H-pyrrole nitrogens is 1. The van der Waals surface area contributed by atoms with Gasteiger partial charge in [0.15, 0.2) is 0 Å². The lowest BCUT2D eigenvalue weighted by atomic mass is 10.2. The van der Waals surface area contributed by atoms with Gasteiger partial charge in [-0.2, -0.15) is 10.2 Å². The molecular weight excluding hydrogens is 266 g/mol. The van der Waals surface area contributed by atoms with E-state index >= 15 is 0 Å². The van der Waals surface area contributed by atoms with Gasteiger partial charge in [0.1, 0.15) is 5.82 Å². The molecule has 19 heavy (non-hydrogen) atoms. The monoisotopic (exact) mass is 277 g/mol. The molecule has 1 heterocycles. The van der Waals surface area contributed by atoms with Crippen molar-refractivity contribution in [1.29, 1.82) is 5.26 Å². The maximum absolute atomic E-state index is 11.9. The highest BCUT2D eigenvalue weighted by molar-refractivity contribution is 7.91. The highest BCUT2D eigenvalue weighted by Crippen LogP contribution is 2.10. The number of sulfonamides is 1. The second kappa shape index (κ2) is 5.07. The number of aromatic amines is 1. The van der Waals surface area contributed by atoms with Crippen molar-refractivity contribution in [3.63, 3.8) is 0 Å².